The van der Waals surface area contributed by atoms with Crippen molar-refractivity contribution in [3.63, 3.8) is 0 Å². The molecule has 0 N–H and O–H groups in total. The highest BCUT2D eigenvalue weighted by atomic mass is 32.2. The third-order valence-corrected chi connectivity index (χ3v) is 7.75. The average molecular weight is 465 g/mol. The van der Waals surface area contributed by atoms with Crippen LogP contribution >= 0.6 is 0 Å². The number of carbonyl (C=O) groups is 1. The van der Waals surface area contributed by atoms with Gasteiger partial charge in [-0.15, -0.1) is 0 Å². The van der Waals surface area contributed by atoms with E-state index in [0.717, 1.165) is 5.56 Å². The molecule has 0 saturated carbocycles. The first-order valence-corrected chi connectivity index (χ1v) is 12.6. The normalized spacial score (nSPS) is 17.5. The van der Waals surface area contributed by atoms with Gasteiger partial charge in [-0.05, 0) is 37.1 Å². The fourth-order valence-electron chi connectivity index (χ4n) is 4.39. The summed E-state index contributed by atoms with van der Waals surface area (Å²) < 4.78 is 31.5. The fraction of sp³-hybridized carbons (Fsp3) is 0.292. The van der Waals surface area contributed by atoms with Gasteiger partial charge in [-0.2, -0.15) is 5.10 Å². The van der Waals surface area contributed by atoms with E-state index in [9.17, 15) is 13.2 Å². The molecule has 170 valence electrons. The van der Waals surface area contributed by atoms with Crippen LogP contribution in [-0.4, -0.2) is 52.5 Å². The second kappa shape index (κ2) is 8.15. The molecule has 5 rings (SSSR count). The van der Waals surface area contributed by atoms with Gasteiger partial charge < -0.3 is 9.32 Å². The summed E-state index contributed by atoms with van der Waals surface area (Å²) >= 11 is 0. The van der Waals surface area contributed by atoms with Crippen molar-refractivity contribution in [3.8, 4) is 11.5 Å². The summed E-state index contributed by atoms with van der Waals surface area (Å²) in [7, 11) is -1.35. The number of carbonyl (C=O) groups excluding carboxylic acids is 1. The molecular formula is C24H24N4O4S. The number of hydrogen-bond acceptors (Lipinski definition) is 6. The largest absolute Gasteiger partial charge is 0.463 e. The van der Waals surface area contributed by atoms with E-state index >= 15 is 0 Å². The number of hydrogen-bond donors (Lipinski definition) is 0. The van der Waals surface area contributed by atoms with Crippen LogP contribution in [0.15, 0.2) is 59.2 Å². The van der Waals surface area contributed by atoms with E-state index in [2.05, 4.69) is 5.10 Å². The van der Waals surface area contributed by atoms with Crippen molar-refractivity contribution in [1.29, 1.82) is 0 Å². The van der Waals surface area contributed by atoms with Crippen LogP contribution in [0.5, 0.6) is 0 Å². The number of furan rings is 1. The van der Waals surface area contributed by atoms with Crippen molar-refractivity contribution in [2.45, 2.75) is 25.9 Å². The zero-order chi connectivity index (χ0) is 23.2. The minimum absolute atomic E-state index is 0.0209. The standard InChI is InChI=1S/C24H24N4O4S/c1-16-22-19(24(29)27(2)14-17-7-4-3-5-8-17)13-20(21-9-6-11-32-21)25-23(22)28(26-16)18-10-12-33(30,31)15-18/h3-9,11,13,18H,10,12,14-15H2,1-2H3. The number of benzene rings is 1. The Bertz CT molecular complexity index is 1430. The molecule has 0 radical (unpaired) electrons. The van der Waals surface area contributed by atoms with Crippen LogP contribution < -0.4 is 0 Å². The highest BCUT2D eigenvalue weighted by Crippen LogP contribution is 2.32. The highest BCUT2D eigenvalue weighted by molar-refractivity contribution is 7.91. The van der Waals surface area contributed by atoms with Gasteiger partial charge in [-0.25, -0.2) is 18.1 Å². The average Bonchev–Trinajstić information content (AvgIpc) is 3.53. The van der Waals surface area contributed by atoms with E-state index in [0.29, 0.717) is 46.7 Å². The summed E-state index contributed by atoms with van der Waals surface area (Å²) in [5.74, 6) is 0.510. The Labute approximate surface area is 191 Å². The van der Waals surface area contributed by atoms with Gasteiger partial charge in [0, 0.05) is 13.6 Å². The molecule has 0 bridgehead atoms. The minimum atomic E-state index is -3.11. The first-order valence-electron chi connectivity index (χ1n) is 10.8. The maximum absolute atomic E-state index is 13.6. The number of pyridine rings is 1. The number of fused-ring (bicyclic) bond motifs is 1. The van der Waals surface area contributed by atoms with Gasteiger partial charge in [0.05, 0.1) is 40.5 Å². The molecule has 4 heterocycles. The molecule has 8 nitrogen and oxygen atoms in total. The molecule has 0 spiro atoms. The Kier molecular flexibility index (Phi) is 5.28. The number of rotatable bonds is 5. The molecular weight excluding hydrogens is 440 g/mol. The number of sulfone groups is 1. The SMILES string of the molecule is Cc1nn(C2CCS(=O)(=O)C2)c2nc(-c3ccco3)cc(C(=O)N(C)Cc3ccccc3)c12. The lowest BCUT2D eigenvalue weighted by atomic mass is 10.1. The number of aromatic nitrogens is 3. The van der Waals surface area contributed by atoms with Crippen LogP contribution in [0.2, 0.25) is 0 Å². The van der Waals surface area contributed by atoms with Crippen molar-refractivity contribution >= 4 is 26.8 Å². The topological polar surface area (TPSA) is 98.3 Å². The molecule has 0 aliphatic carbocycles. The van der Waals surface area contributed by atoms with Gasteiger partial charge in [0.2, 0.25) is 0 Å². The molecule has 9 heteroatoms. The van der Waals surface area contributed by atoms with Gasteiger partial charge in [0.25, 0.3) is 5.91 Å². The second-order valence-electron chi connectivity index (χ2n) is 8.46. The first-order chi connectivity index (χ1) is 15.8. The Morgan fingerprint density at radius 1 is 1.21 bits per heavy atom. The van der Waals surface area contributed by atoms with E-state index < -0.39 is 9.84 Å². The van der Waals surface area contributed by atoms with Gasteiger partial charge in [-0.3, -0.25) is 4.79 Å². The molecule has 1 amide bonds. The van der Waals surface area contributed by atoms with Crippen molar-refractivity contribution in [2.24, 2.45) is 0 Å². The summed E-state index contributed by atoms with van der Waals surface area (Å²) in [5, 5.41) is 5.27. The van der Waals surface area contributed by atoms with Crippen LogP contribution in [0.3, 0.4) is 0 Å². The van der Waals surface area contributed by atoms with Crippen LogP contribution in [0.1, 0.15) is 34.1 Å². The molecule has 33 heavy (non-hydrogen) atoms. The Balaban J connectivity index is 1.63. The molecule has 4 aromatic rings. The quantitative estimate of drug-likeness (QED) is 0.447. The Morgan fingerprint density at radius 3 is 2.67 bits per heavy atom. The summed E-state index contributed by atoms with van der Waals surface area (Å²) in [6, 6.07) is 14.7. The van der Waals surface area contributed by atoms with Crippen LogP contribution in [0.25, 0.3) is 22.5 Å². The monoisotopic (exact) mass is 464 g/mol. The van der Waals surface area contributed by atoms with Crippen molar-refractivity contribution in [3.05, 3.63) is 71.6 Å². The fourth-order valence-corrected chi connectivity index (χ4v) is 6.08. The summed E-state index contributed by atoms with van der Waals surface area (Å²) in [4.78, 5) is 20.0. The van der Waals surface area contributed by atoms with Gasteiger partial charge >= 0.3 is 0 Å². The summed E-state index contributed by atoms with van der Waals surface area (Å²) in [6.45, 7) is 2.28. The smallest absolute Gasteiger partial charge is 0.254 e. The highest BCUT2D eigenvalue weighted by Gasteiger charge is 2.33. The molecule has 1 fully saturated rings. The van der Waals surface area contributed by atoms with E-state index in [4.69, 9.17) is 9.40 Å². The van der Waals surface area contributed by atoms with Gasteiger partial charge in [0.15, 0.2) is 21.2 Å². The number of amides is 1. The maximum Gasteiger partial charge on any atom is 0.254 e. The summed E-state index contributed by atoms with van der Waals surface area (Å²) in [6.07, 6.45) is 2.03. The van der Waals surface area contributed by atoms with Crippen molar-refractivity contribution in [2.75, 3.05) is 18.6 Å². The Hall–Kier alpha value is -3.46. The zero-order valence-corrected chi connectivity index (χ0v) is 19.2. The second-order valence-corrected chi connectivity index (χ2v) is 10.7. The van der Waals surface area contributed by atoms with Crippen molar-refractivity contribution < 1.29 is 17.6 Å². The molecule has 1 aliphatic heterocycles. The lowest BCUT2D eigenvalue weighted by Crippen LogP contribution is -2.26. The molecule has 1 aliphatic rings. The Morgan fingerprint density at radius 2 is 2.00 bits per heavy atom. The van der Waals surface area contributed by atoms with E-state index in [1.165, 1.54) is 0 Å². The lowest BCUT2D eigenvalue weighted by Gasteiger charge is -2.18. The van der Waals surface area contributed by atoms with Gasteiger partial charge in [0.1, 0.15) is 5.69 Å². The van der Waals surface area contributed by atoms with E-state index in [1.54, 1.807) is 41.1 Å². The molecule has 3 aromatic heterocycles. The molecule has 1 unspecified atom stereocenters. The minimum Gasteiger partial charge on any atom is -0.463 e. The predicted molar refractivity (Wildman–Crippen MR) is 125 cm³/mol. The van der Waals surface area contributed by atoms with E-state index in [1.807, 2.05) is 37.3 Å². The first kappa shape index (κ1) is 21.4. The van der Waals surface area contributed by atoms with Crippen LogP contribution in [-0.2, 0) is 16.4 Å². The lowest BCUT2D eigenvalue weighted by molar-refractivity contribution is 0.0787. The third-order valence-electron chi connectivity index (χ3n) is 6.00. The van der Waals surface area contributed by atoms with Crippen LogP contribution in [0.4, 0.5) is 0 Å². The van der Waals surface area contributed by atoms with Crippen molar-refractivity contribution in [1.82, 2.24) is 19.7 Å². The third kappa shape index (κ3) is 4.04. The summed E-state index contributed by atoms with van der Waals surface area (Å²) in [5.41, 5.74) is 3.14. The molecule has 1 saturated heterocycles. The van der Waals surface area contributed by atoms with Gasteiger partial charge in [-0.1, -0.05) is 30.3 Å². The molecule has 1 aromatic carbocycles. The number of nitrogens with zero attached hydrogens (tertiary/aromatic N) is 4. The number of aryl methyl sites for hydroxylation is 1. The van der Waals surface area contributed by atoms with E-state index in [-0.39, 0.29) is 23.5 Å². The maximum atomic E-state index is 13.6. The zero-order valence-electron chi connectivity index (χ0n) is 18.4. The molecule has 1 atom stereocenters. The predicted octanol–water partition coefficient (Wildman–Crippen LogP) is 3.63. The van der Waals surface area contributed by atoms with Crippen LogP contribution in [0, 0.1) is 6.92 Å².